The Morgan fingerprint density at radius 1 is 1.56 bits per heavy atom. The number of amides is 1. The van der Waals surface area contributed by atoms with Crippen molar-refractivity contribution in [1.82, 2.24) is 4.90 Å². The first kappa shape index (κ1) is 13.0. The Kier molecular flexibility index (Phi) is 4.73. The van der Waals surface area contributed by atoms with Crippen LogP contribution < -0.4 is 0 Å². The van der Waals surface area contributed by atoms with Gasteiger partial charge in [-0.15, -0.1) is 0 Å². The maximum Gasteiger partial charge on any atom is 0.323 e. The smallest absolute Gasteiger partial charge is 0.323 e. The number of ether oxygens (including phenoxy) is 1. The summed E-state index contributed by atoms with van der Waals surface area (Å²) in [6.07, 6.45) is 1.88. The first-order chi connectivity index (χ1) is 7.56. The van der Waals surface area contributed by atoms with Crippen molar-refractivity contribution in [2.24, 2.45) is 0 Å². The molecule has 0 bridgehead atoms. The maximum atomic E-state index is 12.0. The van der Waals surface area contributed by atoms with Gasteiger partial charge in [0.1, 0.15) is 12.6 Å². The molecule has 0 aromatic rings. The summed E-state index contributed by atoms with van der Waals surface area (Å²) in [5.74, 6) is -1.17. The number of hydrogen-bond donors (Lipinski definition) is 1. The Balaban J connectivity index is 2.66. The molecule has 1 N–H and O–H groups in total. The van der Waals surface area contributed by atoms with Gasteiger partial charge >= 0.3 is 5.97 Å². The van der Waals surface area contributed by atoms with Crippen LogP contribution in [0, 0.1) is 0 Å². The van der Waals surface area contributed by atoms with Crippen LogP contribution in [0.25, 0.3) is 0 Å². The lowest BCUT2D eigenvalue weighted by Crippen LogP contribution is -2.46. The molecule has 16 heavy (non-hydrogen) atoms. The van der Waals surface area contributed by atoms with Gasteiger partial charge in [-0.25, -0.2) is 0 Å². The van der Waals surface area contributed by atoms with E-state index in [1.807, 2.05) is 13.8 Å². The predicted molar refractivity (Wildman–Crippen MR) is 58.1 cm³/mol. The van der Waals surface area contributed by atoms with E-state index in [9.17, 15) is 9.59 Å². The molecule has 0 aromatic heterocycles. The number of carboxylic acid groups (broad SMARTS) is 1. The van der Waals surface area contributed by atoms with Gasteiger partial charge < -0.3 is 14.7 Å². The van der Waals surface area contributed by atoms with E-state index in [1.54, 1.807) is 0 Å². The number of carbonyl (C=O) groups excluding carboxylic acids is 1. The molecule has 1 fully saturated rings. The van der Waals surface area contributed by atoms with Crippen LogP contribution in [0.5, 0.6) is 0 Å². The van der Waals surface area contributed by atoms with Crippen LogP contribution in [0.1, 0.15) is 33.1 Å². The molecule has 0 aliphatic carbocycles. The first-order valence-electron chi connectivity index (χ1n) is 5.70. The van der Waals surface area contributed by atoms with Crippen molar-refractivity contribution in [3.8, 4) is 0 Å². The van der Waals surface area contributed by atoms with Crippen molar-refractivity contribution in [3.05, 3.63) is 0 Å². The highest BCUT2D eigenvalue weighted by atomic mass is 16.5. The highest BCUT2D eigenvalue weighted by molar-refractivity contribution is 5.85. The van der Waals surface area contributed by atoms with Crippen molar-refractivity contribution < 1.29 is 19.4 Å². The second-order valence-electron chi connectivity index (χ2n) is 4.12. The Bertz CT molecular complexity index is 261. The third kappa shape index (κ3) is 3.20. The number of hydrogen-bond acceptors (Lipinski definition) is 3. The van der Waals surface area contributed by atoms with Crippen LogP contribution in [0.3, 0.4) is 0 Å². The lowest BCUT2D eigenvalue weighted by Gasteiger charge is -2.29. The Labute approximate surface area is 95.4 Å². The van der Waals surface area contributed by atoms with Crippen molar-refractivity contribution in [1.29, 1.82) is 0 Å². The maximum absolute atomic E-state index is 12.0. The lowest BCUT2D eigenvalue weighted by molar-refractivity contribution is -0.151. The van der Waals surface area contributed by atoms with Gasteiger partial charge in [-0.2, -0.15) is 0 Å². The van der Waals surface area contributed by atoms with E-state index >= 15 is 0 Å². The standard InChI is InChI=1S/C11H19NO4/c1-3-8(2)12(7-10(13)14)11(15)9-5-4-6-16-9/h8-9H,3-7H2,1-2H3,(H,13,14)/t8?,9-/m0/s1. The molecule has 5 nitrogen and oxygen atoms in total. The van der Waals surface area contributed by atoms with Gasteiger partial charge in [-0.1, -0.05) is 6.92 Å². The molecule has 1 saturated heterocycles. The van der Waals surface area contributed by atoms with Gasteiger partial charge in [0.2, 0.25) is 0 Å². The van der Waals surface area contributed by atoms with Crippen molar-refractivity contribution in [2.45, 2.75) is 45.3 Å². The van der Waals surface area contributed by atoms with Crippen molar-refractivity contribution in [3.63, 3.8) is 0 Å². The van der Waals surface area contributed by atoms with Crippen LogP contribution in [0.4, 0.5) is 0 Å². The quantitative estimate of drug-likeness (QED) is 0.759. The Hall–Kier alpha value is -1.10. The third-order valence-electron chi connectivity index (χ3n) is 2.92. The normalized spacial score (nSPS) is 21.8. The summed E-state index contributed by atoms with van der Waals surface area (Å²) in [6.45, 7) is 4.14. The minimum atomic E-state index is -0.980. The highest BCUT2D eigenvalue weighted by Crippen LogP contribution is 2.17. The average Bonchev–Trinajstić information content (AvgIpc) is 2.77. The zero-order valence-electron chi connectivity index (χ0n) is 9.81. The van der Waals surface area contributed by atoms with Crippen molar-refractivity contribution in [2.75, 3.05) is 13.2 Å². The van der Waals surface area contributed by atoms with E-state index in [4.69, 9.17) is 9.84 Å². The van der Waals surface area contributed by atoms with E-state index in [0.717, 1.165) is 12.8 Å². The van der Waals surface area contributed by atoms with Crippen molar-refractivity contribution >= 4 is 11.9 Å². The number of aliphatic carboxylic acids is 1. The van der Waals surface area contributed by atoms with E-state index in [1.165, 1.54) is 4.90 Å². The van der Waals surface area contributed by atoms with E-state index in [0.29, 0.717) is 13.0 Å². The number of carboxylic acids is 1. The van der Waals surface area contributed by atoms with Gasteiger partial charge in [0, 0.05) is 12.6 Å². The minimum Gasteiger partial charge on any atom is -0.480 e. The third-order valence-corrected chi connectivity index (χ3v) is 2.92. The van der Waals surface area contributed by atoms with Gasteiger partial charge in [0.15, 0.2) is 0 Å². The minimum absolute atomic E-state index is 0.0622. The van der Waals surface area contributed by atoms with Gasteiger partial charge in [0.25, 0.3) is 5.91 Å². The second kappa shape index (κ2) is 5.84. The molecule has 1 heterocycles. The fourth-order valence-corrected chi connectivity index (χ4v) is 1.77. The number of nitrogens with zero attached hydrogens (tertiary/aromatic N) is 1. The van der Waals surface area contributed by atoms with E-state index in [-0.39, 0.29) is 18.5 Å². The molecule has 0 radical (unpaired) electrons. The summed E-state index contributed by atoms with van der Waals surface area (Å²) in [6, 6.07) is -0.0622. The summed E-state index contributed by atoms with van der Waals surface area (Å²) in [5.41, 5.74) is 0. The molecule has 1 aliphatic heterocycles. The summed E-state index contributed by atoms with van der Waals surface area (Å²) in [4.78, 5) is 24.1. The molecular formula is C11H19NO4. The SMILES string of the molecule is CCC(C)N(CC(=O)O)C(=O)[C@@H]1CCCO1. The van der Waals surface area contributed by atoms with Gasteiger partial charge in [-0.05, 0) is 26.2 Å². The molecule has 0 saturated carbocycles. The molecule has 5 heteroatoms. The fraction of sp³-hybridized carbons (Fsp3) is 0.818. The Morgan fingerprint density at radius 2 is 2.25 bits per heavy atom. The molecule has 2 atom stereocenters. The predicted octanol–water partition coefficient (Wildman–Crippen LogP) is 0.877. The highest BCUT2D eigenvalue weighted by Gasteiger charge is 2.31. The summed E-state index contributed by atoms with van der Waals surface area (Å²) in [7, 11) is 0. The van der Waals surface area contributed by atoms with E-state index < -0.39 is 12.1 Å². The summed E-state index contributed by atoms with van der Waals surface area (Å²) >= 11 is 0. The largest absolute Gasteiger partial charge is 0.480 e. The fourth-order valence-electron chi connectivity index (χ4n) is 1.77. The second-order valence-corrected chi connectivity index (χ2v) is 4.12. The van der Waals surface area contributed by atoms with Crippen LogP contribution in [-0.2, 0) is 14.3 Å². The summed E-state index contributed by atoms with van der Waals surface area (Å²) in [5, 5.41) is 8.79. The zero-order chi connectivity index (χ0) is 12.1. The molecule has 1 amide bonds. The van der Waals surface area contributed by atoms with Crippen LogP contribution in [0.2, 0.25) is 0 Å². The van der Waals surface area contributed by atoms with Gasteiger partial charge in [0.05, 0.1) is 0 Å². The molecular weight excluding hydrogens is 210 g/mol. The summed E-state index contributed by atoms with van der Waals surface area (Å²) < 4.78 is 5.29. The van der Waals surface area contributed by atoms with Gasteiger partial charge in [-0.3, -0.25) is 9.59 Å². The van der Waals surface area contributed by atoms with Crippen LogP contribution >= 0.6 is 0 Å². The lowest BCUT2D eigenvalue weighted by atomic mass is 10.1. The molecule has 0 spiro atoms. The monoisotopic (exact) mass is 229 g/mol. The number of rotatable bonds is 5. The average molecular weight is 229 g/mol. The van der Waals surface area contributed by atoms with Crippen LogP contribution in [0.15, 0.2) is 0 Å². The zero-order valence-corrected chi connectivity index (χ0v) is 9.81. The molecule has 1 rings (SSSR count). The Morgan fingerprint density at radius 3 is 2.69 bits per heavy atom. The molecule has 92 valence electrons. The van der Waals surface area contributed by atoms with E-state index in [2.05, 4.69) is 0 Å². The number of carbonyl (C=O) groups is 2. The molecule has 1 unspecified atom stereocenters. The van der Waals surface area contributed by atoms with Crippen LogP contribution in [-0.4, -0.2) is 47.2 Å². The molecule has 1 aliphatic rings. The first-order valence-corrected chi connectivity index (χ1v) is 5.70. The topological polar surface area (TPSA) is 66.8 Å². The molecule has 0 aromatic carbocycles.